The van der Waals surface area contributed by atoms with Crippen molar-refractivity contribution in [3.8, 4) is 0 Å². The van der Waals surface area contributed by atoms with Gasteiger partial charge in [0.2, 0.25) is 0 Å². The third-order valence-electron chi connectivity index (χ3n) is 2.22. The summed E-state index contributed by atoms with van der Waals surface area (Å²) in [5, 5.41) is -0.0575. The fourth-order valence-electron chi connectivity index (χ4n) is 1.32. The van der Waals surface area contributed by atoms with Crippen LogP contribution in [0.15, 0.2) is 40.2 Å². The summed E-state index contributed by atoms with van der Waals surface area (Å²) in [6.45, 7) is -0.132. The molecule has 0 bridgehead atoms. The molecule has 1 heterocycles. The zero-order valence-corrected chi connectivity index (χ0v) is 11.4. The molecule has 0 aliphatic carbocycles. The van der Waals surface area contributed by atoms with E-state index in [2.05, 4.69) is 30.6 Å². The van der Waals surface area contributed by atoms with Crippen molar-refractivity contribution in [2.45, 2.75) is 11.6 Å². The Kier molecular flexibility index (Phi) is 3.79. The van der Waals surface area contributed by atoms with Gasteiger partial charge < -0.3 is 4.98 Å². The lowest BCUT2D eigenvalue weighted by molar-refractivity contribution is 0.571. The summed E-state index contributed by atoms with van der Waals surface area (Å²) in [7, 11) is -3.69. The minimum atomic E-state index is -3.69. The van der Waals surface area contributed by atoms with Gasteiger partial charge in [-0.25, -0.2) is 22.5 Å². The standard InChI is InChI=1S/C10H9BrFN3O2S/c11-8-1-2-9(12)7(3-8)4-15-18(16,17)10-5-13-6-14-10/h1-3,5-6,15H,4H2,(H,13,14). The molecule has 0 aliphatic rings. The van der Waals surface area contributed by atoms with E-state index in [9.17, 15) is 12.8 Å². The highest BCUT2D eigenvalue weighted by molar-refractivity contribution is 9.10. The number of rotatable bonds is 4. The van der Waals surface area contributed by atoms with Gasteiger partial charge in [-0.2, -0.15) is 0 Å². The van der Waals surface area contributed by atoms with Gasteiger partial charge in [-0.3, -0.25) is 0 Å². The summed E-state index contributed by atoms with van der Waals surface area (Å²) >= 11 is 3.20. The van der Waals surface area contributed by atoms with Gasteiger partial charge in [-0.15, -0.1) is 0 Å². The molecule has 0 aliphatic heterocycles. The molecule has 0 saturated carbocycles. The third-order valence-corrected chi connectivity index (χ3v) is 4.04. The molecule has 96 valence electrons. The van der Waals surface area contributed by atoms with Gasteiger partial charge in [-0.05, 0) is 18.2 Å². The zero-order valence-electron chi connectivity index (χ0n) is 9.02. The first-order valence-electron chi connectivity index (χ1n) is 4.91. The Bertz CT molecular complexity index is 643. The Morgan fingerprint density at radius 2 is 2.22 bits per heavy atom. The summed E-state index contributed by atoms with van der Waals surface area (Å²) < 4.78 is 39.9. The first kappa shape index (κ1) is 13.2. The van der Waals surface area contributed by atoms with Crippen LogP contribution < -0.4 is 4.72 Å². The van der Waals surface area contributed by atoms with Crippen molar-refractivity contribution in [3.05, 3.63) is 46.6 Å². The van der Waals surface area contributed by atoms with Crippen LogP contribution in [0, 0.1) is 5.82 Å². The predicted molar refractivity (Wildman–Crippen MR) is 66.7 cm³/mol. The monoisotopic (exact) mass is 333 g/mol. The van der Waals surface area contributed by atoms with Crippen molar-refractivity contribution >= 4 is 26.0 Å². The van der Waals surface area contributed by atoms with Crippen LogP contribution in [0.5, 0.6) is 0 Å². The predicted octanol–water partition coefficient (Wildman–Crippen LogP) is 1.79. The number of aromatic amines is 1. The van der Waals surface area contributed by atoms with Crippen LogP contribution in [-0.2, 0) is 16.6 Å². The lowest BCUT2D eigenvalue weighted by atomic mass is 10.2. The van der Waals surface area contributed by atoms with E-state index >= 15 is 0 Å². The highest BCUT2D eigenvalue weighted by Gasteiger charge is 2.15. The van der Waals surface area contributed by atoms with Gasteiger partial charge in [0.25, 0.3) is 10.0 Å². The first-order valence-corrected chi connectivity index (χ1v) is 7.18. The molecule has 2 N–H and O–H groups in total. The third kappa shape index (κ3) is 2.95. The minimum Gasteiger partial charge on any atom is -0.335 e. The van der Waals surface area contributed by atoms with Crippen LogP contribution >= 0.6 is 15.9 Å². The first-order chi connectivity index (χ1) is 8.49. The summed E-state index contributed by atoms with van der Waals surface area (Å²) in [5.41, 5.74) is 0.257. The average Bonchev–Trinajstić information content (AvgIpc) is 2.85. The second kappa shape index (κ2) is 5.17. The number of imidazole rings is 1. The van der Waals surface area contributed by atoms with E-state index in [-0.39, 0.29) is 17.1 Å². The van der Waals surface area contributed by atoms with Crippen molar-refractivity contribution in [3.63, 3.8) is 0 Å². The Labute approximate surface area is 112 Å². The molecular formula is C10H9BrFN3O2S. The lowest BCUT2D eigenvalue weighted by Gasteiger charge is -2.06. The molecule has 0 unspecified atom stereocenters. The van der Waals surface area contributed by atoms with Crippen molar-refractivity contribution in [2.24, 2.45) is 0 Å². The number of nitrogens with zero attached hydrogens (tertiary/aromatic N) is 1. The number of hydrogen-bond donors (Lipinski definition) is 2. The second-order valence-corrected chi connectivity index (χ2v) is 6.13. The fraction of sp³-hybridized carbons (Fsp3) is 0.100. The van der Waals surface area contributed by atoms with Gasteiger partial charge in [-0.1, -0.05) is 15.9 Å². The fourth-order valence-corrected chi connectivity index (χ4v) is 2.64. The number of hydrogen-bond acceptors (Lipinski definition) is 3. The van der Waals surface area contributed by atoms with Gasteiger partial charge in [0.1, 0.15) is 5.82 Å². The van der Waals surface area contributed by atoms with E-state index in [0.29, 0.717) is 4.47 Å². The molecule has 0 spiro atoms. The van der Waals surface area contributed by atoms with E-state index in [1.165, 1.54) is 24.7 Å². The van der Waals surface area contributed by atoms with E-state index in [0.717, 1.165) is 0 Å². The molecule has 0 amide bonds. The topological polar surface area (TPSA) is 74.8 Å². The van der Waals surface area contributed by atoms with Crippen LogP contribution in [0.3, 0.4) is 0 Å². The van der Waals surface area contributed by atoms with Crippen molar-refractivity contribution < 1.29 is 12.8 Å². The number of halogens is 2. The van der Waals surface area contributed by atoms with Gasteiger partial charge in [0, 0.05) is 16.6 Å². The molecule has 18 heavy (non-hydrogen) atoms. The lowest BCUT2D eigenvalue weighted by Crippen LogP contribution is -2.24. The number of nitrogens with one attached hydrogen (secondary N) is 2. The Morgan fingerprint density at radius 3 is 2.89 bits per heavy atom. The highest BCUT2D eigenvalue weighted by atomic mass is 79.9. The van der Waals surface area contributed by atoms with E-state index in [1.807, 2.05) is 0 Å². The summed E-state index contributed by atoms with van der Waals surface area (Å²) in [4.78, 5) is 6.09. The molecule has 2 rings (SSSR count). The smallest absolute Gasteiger partial charge is 0.257 e. The van der Waals surface area contributed by atoms with Crippen LogP contribution in [0.1, 0.15) is 5.56 Å². The molecule has 1 aromatic heterocycles. The second-order valence-electron chi connectivity index (χ2n) is 3.48. The Balaban J connectivity index is 2.15. The number of sulfonamides is 1. The average molecular weight is 334 g/mol. The van der Waals surface area contributed by atoms with Crippen LogP contribution in [0.25, 0.3) is 0 Å². The highest BCUT2D eigenvalue weighted by Crippen LogP contribution is 2.16. The summed E-state index contributed by atoms with van der Waals surface area (Å²) in [5.74, 6) is -0.467. The molecule has 2 aromatic rings. The maximum Gasteiger partial charge on any atom is 0.257 e. The molecule has 1 aromatic carbocycles. The molecular weight excluding hydrogens is 325 g/mol. The van der Waals surface area contributed by atoms with E-state index in [4.69, 9.17) is 0 Å². The van der Waals surface area contributed by atoms with Crippen LogP contribution in [0.4, 0.5) is 4.39 Å². The largest absolute Gasteiger partial charge is 0.335 e. The van der Waals surface area contributed by atoms with E-state index < -0.39 is 15.8 Å². The van der Waals surface area contributed by atoms with Gasteiger partial charge in [0.05, 0.1) is 12.5 Å². The van der Waals surface area contributed by atoms with Gasteiger partial charge in [0.15, 0.2) is 5.03 Å². The van der Waals surface area contributed by atoms with Crippen molar-refractivity contribution in [1.82, 2.24) is 14.7 Å². The van der Waals surface area contributed by atoms with Crippen molar-refractivity contribution in [2.75, 3.05) is 0 Å². The van der Waals surface area contributed by atoms with E-state index in [1.54, 1.807) is 6.07 Å². The maximum atomic E-state index is 13.4. The minimum absolute atomic E-state index is 0.0575. The molecule has 8 heteroatoms. The van der Waals surface area contributed by atoms with Crippen molar-refractivity contribution in [1.29, 1.82) is 0 Å². The molecule has 0 atom stereocenters. The maximum absolute atomic E-state index is 13.4. The van der Waals surface area contributed by atoms with Gasteiger partial charge >= 0.3 is 0 Å². The van der Waals surface area contributed by atoms with Crippen LogP contribution in [-0.4, -0.2) is 18.4 Å². The SMILES string of the molecule is O=S(=O)(NCc1cc(Br)ccc1F)c1cnc[nH]1. The number of aromatic nitrogens is 2. The quantitative estimate of drug-likeness (QED) is 0.895. The zero-order chi connectivity index (χ0) is 13.2. The normalized spacial score (nSPS) is 11.7. The number of H-pyrrole nitrogens is 1. The molecule has 0 radical (unpaired) electrons. The summed E-state index contributed by atoms with van der Waals surface area (Å²) in [6.07, 6.45) is 2.44. The molecule has 0 fully saturated rings. The molecule has 5 nitrogen and oxygen atoms in total. The van der Waals surface area contributed by atoms with Crippen LogP contribution in [0.2, 0.25) is 0 Å². The Hall–Kier alpha value is -1.25. The molecule has 0 saturated heterocycles. The number of benzene rings is 1. The Morgan fingerprint density at radius 1 is 1.44 bits per heavy atom. The summed E-state index contributed by atoms with van der Waals surface area (Å²) in [6, 6.07) is 4.33.